The van der Waals surface area contributed by atoms with Crippen LogP contribution < -0.4 is 10.1 Å². The second-order valence-electron chi connectivity index (χ2n) is 8.38. The van der Waals surface area contributed by atoms with Crippen molar-refractivity contribution < 1.29 is 27.5 Å². The molecule has 1 aliphatic rings. The van der Waals surface area contributed by atoms with E-state index in [2.05, 4.69) is 5.32 Å². The topological polar surface area (TPSA) is 102 Å². The maximum Gasteiger partial charge on any atom is 0.310 e. The number of nitrogens with zero attached hydrogens (tertiary/aromatic N) is 1. The number of ether oxygens (including phenoxy) is 2. The average Bonchev–Trinajstić information content (AvgIpc) is 2.86. The lowest BCUT2D eigenvalue weighted by Crippen LogP contribution is -2.43. The highest BCUT2D eigenvalue weighted by Crippen LogP contribution is 2.25. The lowest BCUT2D eigenvalue weighted by Gasteiger charge is -2.30. The van der Waals surface area contributed by atoms with Crippen LogP contribution in [0.4, 0.5) is 0 Å². The Kier molecular flexibility index (Phi) is 9.06. The number of nitrogens with one attached hydrogen (secondary N) is 1. The maximum atomic E-state index is 13.0. The summed E-state index contributed by atoms with van der Waals surface area (Å²) in [6.45, 7) is 2.73. The second-order valence-corrected chi connectivity index (χ2v) is 10.3. The molecule has 2 aromatic carbocycles. The van der Waals surface area contributed by atoms with Gasteiger partial charge in [-0.25, -0.2) is 8.42 Å². The molecule has 1 aliphatic heterocycles. The molecule has 1 heterocycles. The molecule has 1 fully saturated rings. The molecule has 1 atom stereocenters. The van der Waals surface area contributed by atoms with Crippen molar-refractivity contribution in [1.29, 1.82) is 0 Å². The molecule has 9 heteroatoms. The summed E-state index contributed by atoms with van der Waals surface area (Å²) in [6.07, 6.45) is 2.14. The van der Waals surface area contributed by atoms with Crippen LogP contribution in [0.15, 0.2) is 53.4 Å². The molecule has 1 unspecified atom stereocenters. The molecule has 1 amide bonds. The van der Waals surface area contributed by atoms with Gasteiger partial charge in [-0.2, -0.15) is 4.31 Å². The summed E-state index contributed by atoms with van der Waals surface area (Å²) in [5.74, 6) is -0.505. The maximum absolute atomic E-state index is 13.0. The Bertz CT molecular complexity index is 1070. The predicted molar refractivity (Wildman–Crippen MR) is 128 cm³/mol. The normalized spacial score (nSPS) is 16.6. The van der Waals surface area contributed by atoms with Gasteiger partial charge < -0.3 is 14.8 Å². The Hall–Kier alpha value is -2.91. The first-order valence-corrected chi connectivity index (χ1v) is 12.9. The highest BCUT2D eigenvalue weighted by molar-refractivity contribution is 7.89. The van der Waals surface area contributed by atoms with Gasteiger partial charge in [-0.05, 0) is 56.0 Å². The van der Waals surface area contributed by atoms with Crippen LogP contribution in [0, 0.1) is 12.8 Å². The number of aryl methyl sites for hydroxylation is 2. The number of hydrogen-bond donors (Lipinski definition) is 1. The zero-order chi connectivity index (χ0) is 24.6. The molecule has 8 nitrogen and oxygen atoms in total. The number of hydrogen-bond acceptors (Lipinski definition) is 6. The Balaban J connectivity index is 1.41. The molecule has 3 rings (SSSR count). The number of esters is 1. The van der Waals surface area contributed by atoms with Gasteiger partial charge in [0.05, 0.1) is 24.5 Å². The van der Waals surface area contributed by atoms with Crippen LogP contribution in [0.5, 0.6) is 5.75 Å². The lowest BCUT2D eigenvalue weighted by atomic mass is 10.0. The van der Waals surface area contributed by atoms with Gasteiger partial charge in [0.1, 0.15) is 12.4 Å². The van der Waals surface area contributed by atoms with Crippen LogP contribution in [-0.2, 0) is 30.8 Å². The van der Waals surface area contributed by atoms with Crippen molar-refractivity contribution in [1.82, 2.24) is 9.62 Å². The third-order valence-corrected chi connectivity index (χ3v) is 7.72. The zero-order valence-corrected chi connectivity index (χ0v) is 20.5. The Labute approximate surface area is 201 Å². The minimum absolute atomic E-state index is 0.0524. The number of amides is 1. The molecular weight excluding hydrogens is 456 g/mol. The van der Waals surface area contributed by atoms with Crippen LogP contribution >= 0.6 is 0 Å². The summed E-state index contributed by atoms with van der Waals surface area (Å²) in [7, 11) is -2.19. The van der Waals surface area contributed by atoms with Gasteiger partial charge in [0.25, 0.3) is 0 Å². The molecule has 2 aromatic rings. The Morgan fingerprint density at radius 3 is 2.47 bits per heavy atom. The first kappa shape index (κ1) is 25.7. The van der Waals surface area contributed by atoms with Gasteiger partial charge in [0.15, 0.2) is 0 Å². The van der Waals surface area contributed by atoms with E-state index in [1.807, 2.05) is 31.2 Å². The molecule has 1 N–H and O–H groups in total. The van der Waals surface area contributed by atoms with E-state index in [1.54, 1.807) is 12.1 Å². The van der Waals surface area contributed by atoms with E-state index in [9.17, 15) is 18.0 Å². The molecular formula is C25H32N2O6S. The Morgan fingerprint density at radius 1 is 1.09 bits per heavy atom. The molecule has 0 saturated carbocycles. The second kappa shape index (κ2) is 12.0. The Morgan fingerprint density at radius 2 is 1.79 bits per heavy atom. The first-order valence-electron chi connectivity index (χ1n) is 11.4. The number of piperidine rings is 1. The van der Waals surface area contributed by atoms with Gasteiger partial charge in [-0.3, -0.25) is 9.59 Å². The molecule has 0 aliphatic carbocycles. The molecule has 184 valence electrons. The number of carbonyl (C=O) groups is 2. The van der Waals surface area contributed by atoms with Crippen LogP contribution in [0.1, 0.15) is 30.4 Å². The number of methoxy groups -OCH3 is 1. The third kappa shape index (κ3) is 7.04. The SMILES string of the molecule is COc1ccc(S(=O)(=O)N2CCCC(C(=O)OCCNC(=O)CCc3ccc(C)cc3)C2)cc1. The summed E-state index contributed by atoms with van der Waals surface area (Å²) in [6, 6.07) is 14.2. The summed E-state index contributed by atoms with van der Waals surface area (Å²) in [5.41, 5.74) is 2.27. The van der Waals surface area contributed by atoms with E-state index in [1.165, 1.54) is 29.1 Å². The lowest BCUT2D eigenvalue weighted by molar-refractivity contribution is -0.150. The van der Waals surface area contributed by atoms with E-state index in [-0.39, 0.29) is 30.5 Å². The quantitative estimate of drug-likeness (QED) is 0.408. The van der Waals surface area contributed by atoms with E-state index >= 15 is 0 Å². The first-order chi connectivity index (χ1) is 16.3. The summed E-state index contributed by atoms with van der Waals surface area (Å²) in [5, 5.41) is 2.75. The third-order valence-electron chi connectivity index (χ3n) is 5.84. The fourth-order valence-corrected chi connectivity index (χ4v) is 5.33. The highest BCUT2D eigenvalue weighted by atomic mass is 32.2. The number of carbonyl (C=O) groups excluding carboxylic acids is 2. The van der Waals surface area contributed by atoms with Gasteiger partial charge in [0, 0.05) is 19.5 Å². The zero-order valence-electron chi connectivity index (χ0n) is 19.7. The van der Waals surface area contributed by atoms with Gasteiger partial charge in [-0.15, -0.1) is 0 Å². The highest BCUT2D eigenvalue weighted by Gasteiger charge is 2.34. The average molecular weight is 489 g/mol. The number of sulfonamides is 1. The van der Waals surface area contributed by atoms with Crippen LogP contribution in [0.25, 0.3) is 0 Å². The van der Waals surface area contributed by atoms with E-state index in [0.717, 1.165) is 5.56 Å². The summed E-state index contributed by atoms with van der Waals surface area (Å²) in [4.78, 5) is 24.7. The largest absolute Gasteiger partial charge is 0.497 e. The van der Waals surface area contributed by atoms with Crippen molar-refractivity contribution in [2.75, 3.05) is 33.4 Å². The molecule has 0 bridgehead atoms. The van der Waals surface area contributed by atoms with E-state index in [0.29, 0.717) is 38.0 Å². The monoisotopic (exact) mass is 488 g/mol. The summed E-state index contributed by atoms with van der Waals surface area (Å²) < 4.78 is 37.6. The molecule has 1 saturated heterocycles. The van der Waals surface area contributed by atoms with Crippen LogP contribution in [-0.4, -0.2) is 58.0 Å². The van der Waals surface area contributed by atoms with Crippen molar-refractivity contribution in [2.24, 2.45) is 5.92 Å². The van der Waals surface area contributed by atoms with Crippen molar-refractivity contribution in [3.8, 4) is 5.75 Å². The van der Waals surface area contributed by atoms with Gasteiger partial charge in [0.2, 0.25) is 15.9 Å². The minimum Gasteiger partial charge on any atom is -0.497 e. The standard InChI is InChI=1S/C25H32N2O6S/c1-19-5-7-20(8-6-19)9-14-24(28)26-15-17-33-25(29)21-4-3-16-27(18-21)34(30,31)23-12-10-22(32-2)11-13-23/h5-8,10-13,21H,3-4,9,14-18H2,1-2H3,(H,26,28). The van der Waals surface area contributed by atoms with Crippen molar-refractivity contribution >= 4 is 21.9 Å². The van der Waals surface area contributed by atoms with Crippen molar-refractivity contribution in [3.63, 3.8) is 0 Å². The van der Waals surface area contributed by atoms with Crippen molar-refractivity contribution in [3.05, 3.63) is 59.7 Å². The van der Waals surface area contributed by atoms with Gasteiger partial charge >= 0.3 is 5.97 Å². The minimum atomic E-state index is -3.71. The van der Waals surface area contributed by atoms with Crippen LogP contribution in [0.2, 0.25) is 0 Å². The molecule has 0 spiro atoms. The van der Waals surface area contributed by atoms with E-state index in [4.69, 9.17) is 9.47 Å². The molecule has 0 aromatic heterocycles. The molecule has 0 radical (unpaired) electrons. The predicted octanol–water partition coefficient (Wildman–Crippen LogP) is 2.70. The smallest absolute Gasteiger partial charge is 0.310 e. The fourth-order valence-electron chi connectivity index (χ4n) is 3.81. The van der Waals surface area contributed by atoms with Crippen LogP contribution in [0.3, 0.4) is 0 Å². The molecule has 34 heavy (non-hydrogen) atoms. The van der Waals surface area contributed by atoms with E-state index < -0.39 is 21.9 Å². The number of benzene rings is 2. The van der Waals surface area contributed by atoms with Gasteiger partial charge in [-0.1, -0.05) is 29.8 Å². The summed E-state index contributed by atoms with van der Waals surface area (Å²) >= 11 is 0. The fraction of sp³-hybridized carbons (Fsp3) is 0.440. The number of rotatable bonds is 10. The van der Waals surface area contributed by atoms with Crippen molar-refractivity contribution in [2.45, 2.75) is 37.5 Å².